The van der Waals surface area contributed by atoms with E-state index >= 15 is 4.39 Å². The van der Waals surface area contributed by atoms with Crippen molar-refractivity contribution in [3.05, 3.63) is 48.8 Å². The van der Waals surface area contributed by atoms with Gasteiger partial charge in [-0.15, -0.1) is 0 Å². The molecule has 2 saturated heterocycles. The number of aliphatic hydroxyl groups excluding tert-OH is 1. The summed E-state index contributed by atoms with van der Waals surface area (Å²) in [6.07, 6.45) is 8.67. The second kappa shape index (κ2) is 9.49. The van der Waals surface area contributed by atoms with E-state index in [4.69, 9.17) is 0 Å². The zero-order valence-electron chi connectivity index (χ0n) is 19.7. The molecule has 0 unspecified atom stereocenters. The van der Waals surface area contributed by atoms with Crippen molar-refractivity contribution in [3.8, 4) is 11.3 Å². The molecule has 0 spiro atoms. The molecule has 4 aromatic heterocycles. The minimum atomic E-state index is -0.283. The number of nitrogens with one attached hydrogen (secondary N) is 1. The molecule has 2 N–H and O–H groups in total. The molecular formula is C26H30FN7O. The van der Waals surface area contributed by atoms with Gasteiger partial charge in [0.1, 0.15) is 5.65 Å². The standard InChI is InChI=1S/C26H30FN7O/c27-21-16-30-26-24(20-14-22(29-17-23(20)31-26)18-2-1-5-28-15-18)25(21)34-6-3-19(4-7-34)33-10-8-32(9-11-33)12-13-35/h1-2,5,14-17,19,35H,3-4,6-13H2,(H,30,31). The number of fused-ring (bicyclic) bond motifs is 3. The first-order chi connectivity index (χ1) is 17.2. The fraction of sp³-hybridized carbons (Fsp3) is 0.423. The van der Waals surface area contributed by atoms with Gasteiger partial charge >= 0.3 is 0 Å². The summed E-state index contributed by atoms with van der Waals surface area (Å²) in [6, 6.07) is 6.39. The third kappa shape index (κ3) is 4.24. The van der Waals surface area contributed by atoms with Crippen molar-refractivity contribution in [2.45, 2.75) is 18.9 Å². The minimum Gasteiger partial charge on any atom is -0.395 e. The Hall–Kier alpha value is -3.14. The quantitative estimate of drug-likeness (QED) is 0.459. The number of H-pyrrole nitrogens is 1. The van der Waals surface area contributed by atoms with Crippen molar-refractivity contribution < 1.29 is 9.50 Å². The van der Waals surface area contributed by atoms with E-state index in [0.29, 0.717) is 17.4 Å². The number of aromatic amines is 1. The lowest BCUT2D eigenvalue weighted by Gasteiger charge is -2.43. The molecule has 2 aliphatic heterocycles. The van der Waals surface area contributed by atoms with Gasteiger partial charge in [-0.25, -0.2) is 9.37 Å². The maximum atomic E-state index is 15.3. The fourth-order valence-electron chi connectivity index (χ4n) is 5.65. The predicted octanol–water partition coefficient (Wildman–Crippen LogP) is 2.89. The summed E-state index contributed by atoms with van der Waals surface area (Å²) in [5.41, 5.74) is 3.90. The van der Waals surface area contributed by atoms with Gasteiger partial charge < -0.3 is 15.0 Å². The summed E-state index contributed by atoms with van der Waals surface area (Å²) in [4.78, 5) is 23.6. The summed E-state index contributed by atoms with van der Waals surface area (Å²) in [5, 5.41) is 10.9. The minimum absolute atomic E-state index is 0.220. The zero-order valence-corrected chi connectivity index (χ0v) is 19.7. The van der Waals surface area contributed by atoms with Crippen LogP contribution in [0.1, 0.15) is 12.8 Å². The molecule has 2 aliphatic rings. The first-order valence-corrected chi connectivity index (χ1v) is 12.4. The Kier molecular flexibility index (Phi) is 6.05. The smallest absolute Gasteiger partial charge is 0.165 e. The zero-order chi connectivity index (χ0) is 23.8. The van der Waals surface area contributed by atoms with E-state index in [9.17, 15) is 5.11 Å². The maximum Gasteiger partial charge on any atom is 0.165 e. The molecule has 0 bridgehead atoms. The van der Waals surface area contributed by atoms with Crippen LogP contribution in [0.15, 0.2) is 43.0 Å². The number of piperazine rings is 1. The number of β-amino-alcohol motifs (C(OH)–C–C–N with tert-alkyl or cyclic N) is 1. The second-order valence-electron chi connectivity index (χ2n) is 9.48. The van der Waals surface area contributed by atoms with Gasteiger partial charge in [0.05, 0.1) is 41.3 Å². The Morgan fingerprint density at radius 2 is 1.86 bits per heavy atom. The highest BCUT2D eigenvalue weighted by atomic mass is 19.1. The molecule has 0 aromatic carbocycles. The number of halogens is 1. The van der Waals surface area contributed by atoms with Gasteiger partial charge in [-0.05, 0) is 31.0 Å². The molecule has 0 saturated carbocycles. The van der Waals surface area contributed by atoms with E-state index < -0.39 is 0 Å². The number of pyridine rings is 3. The van der Waals surface area contributed by atoms with Crippen molar-refractivity contribution in [1.82, 2.24) is 29.7 Å². The average Bonchev–Trinajstić information content (AvgIpc) is 3.28. The summed E-state index contributed by atoms with van der Waals surface area (Å²) in [5.74, 6) is -0.283. The molecule has 9 heteroatoms. The molecule has 0 atom stereocenters. The SMILES string of the molecule is OCCN1CCN(C2CCN(c3c(F)cnc4[nH]c5cnc(-c6cccnc6)cc5c34)CC2)CC1. The number of anilines is 1. The largest absolute Gasteiger partial charge is 0.395 e. The Labute approximate surface area is 203 Å². The Morgan fingerprint density at radius 3 is 2.60 bits per heavy atom. The van der Waals surface area contributed by atoms with Crippen LogP contribution in [0.2, 0.25) is 0 Å². The van der Waals surface area contributed by atoms with E-state index in [0.717, 1.165) is 86.2 Å². The monoisotopic (exact) mass is 475 g/mol. The van der Waals surface area contributed by atoms with E-state index in [2.05, 4.69) is 34.6 Å². The average molecular weight is 476 g/mol. The van der Waals surface area contributed by atoms with Gasteiger partial charge in [-0.2, -0.15) is 0 Å². The number of hydrogen-bond acceptors (Lipinski definition) is 7. The number of aliphatic hydroxyl groups is 1. The van der Waals surface area contributed by atoms with Crippen LogP contribution in [0.5, 0.6) is 0 Å². The predicted molar refractivity (Wildman–Crippen MR) is 135 cm³/mol. The van der Waals surface area contributed by atoms with Crippen molar-refractivity contribution in [2.24, 2.45) is 0 Å². The molecule has 0 amide bonds. The second-order valence-corrected chi connectivity index (χ2v) is 9.48. The lowest BCUT2D eigenvalue weighted by Crippen LogP contribution is -2.53. The van der Waals surface area contributed by atoms with E-state index in [1.165, 1.54) is 6.20 Å². The van der Waals surface area contributed by atoms with Gasteiger partial charge in [-0.1, -0.05) is 0 Å². The molecular weight excluding hydrogens is 445 g/mol. The van der Waals surface area contributed by atoms with Crippen LogP contribution in [0.4, 0.5) is 10.1 Å². The van der Waals surface area contributed by atoms with Gasteiger partial charge in [0.25, 0.3) is 0 Å². The van der Waals surface area contributed by atoms with Gasteiger partial charge in [0.15, 0.2) is 5.82 Å². The highest BCUT2D eigenvalue weighted by Crippen LogP contribution is 2.37. The van der Waals surface area contributed by atoms with Crippen LogP contribution < -0.4 is 4.90 Å². The van der Waals surface area contributed by atoms with Crippen molar-refractivity contribution in [3.63, 3.8) is 0 Å². The van der Waals surface area contributed by atoms with Gasteiger partial charge in [0.2, 0.25) is 0 Å². The lowest BCUT2D eigenvalue weighted by molar-refractivity contribution is 0.0746. The maximum absolute atomic E-state index is 15.3. The van der Waals surface area contributed by atoms with Crippen molar-refractivity contribution in [2.75, 3.05) is 57.3 Å². The Morgan fingerprint density at radius 1 is 1.03 bits per heavy atom. The number of rotatable bonds is 5. The van der Waals surface area contributed by atoms with Crippen LogP contribution in [0.3, 0.4) is 0 Å². The van der Waals surface area contributed by atoms with Gasteiger partial charge in [0, 0.05) is 75.2 Å². The molecule has 35 heavy (non-hydrogen) atoms. The van der Waals surface area contributed by atoms with Crippen LogP contribution in [-0.2, 0) is 0 Å². The van der Waals surface area contributed by atoms with E-state index in [1.54, 1.807) is 18.6 Å². The number of piperidine rings is 1. The molecule has 2 fully saturated rings. The molecule has 0 aliphatic carbocycles. The summed E-state index contributed by atoms with van der Waals surface area (Å²) < 4.78 is 15.3. The number of aromatic nitrogens is 4. The summed E-state index contributed by atoms with van der Waals surface area (Å²) in [6.45, 7) is 6.67. The third-order valence-corrected chi connectivity index (χ3v) is 7.51. The van der Waals surface area contributed by atoms with Crippen LogP contribution in [0.25, 0.3) is 33.2 Å². The normalized spacial score (nSPS) is 18.6. The van der Waals surface area contributed by atoms with E-state index in [-0.39, 0.29) is 12.4 Å². The third-order valence-electron chi connectivity index (χ3n) is 7.51. The molecule has 6 rings (SSSR count). The summed E-state index contributed by atoms with van der Waals surface area (Å²) in [7, 11) is 0. The lowest BCUT2D eigenvalue weighted by atomic mass is 10.0. The Bertz CT molecular complexity index is 1310. The van der Waals surface area contributed by atoms with Crippen molar-refractivity contribution in [1.29, 1.82) is 0 Å². The first-order valence-electron chi connectivity index (χ1n) is 12.4. The molecule has 8 nitrogen and oxygen atoms in total. The molecule has 182 valence electrons. The number of nitrogens with zero attached hydrogens (tertiary/aromatic N) is 6. The van der Waals surface area contributed by atoms with Crippen molar-refractivity contribution >= 4 is 27.6 Å². The first kappa shape index (κ1) is 22.3. The van der Waals surface area contributed by atoms with Crippen LogP contribution >= 0.6 is 0 Å². The Balaban J connectivity index is 1.27. The molecule has 6 heterocycles. The van der Waals surface area contributed by atoms with Gasteiger partial charge in [-0.3, -0.25) is 19.8 Å². The highest BCUT2D eigenvalue weighted by molar-refractivity contribution is 6.12. The number of hydrogen-bond donors (Lipinski definition) is 2. The fourth-order valence-corrected chi connectivity index (χ4v) is 5.65. The van der Waals surface area contributed by atoms with E-state index in [1.807, 2.05) is 18.2 Å². The highest BCUT2D eigenvalue weighted by Gasteiger charge is 2.29. The van der Waals surface area contributed by atoms with Crippen LogP contribution in [0, 0.1) is 5.82 Å². The molecule has 0 radical (unpaired) electrons. The topological polar surface area (TPSA) is 84.4 Å². The summed E-state index contributed by atoms with van der Waals surface area (Å²) >= 11 is 0. The van der Waals surface area contributed by atoms with Crippen LogP contribution in [-0.4, -0.2) is 93.3 Å². The molecule has 4 aromatic rings.